The molecule has 0 fully saturated rings. The van der Waals surface area contributed by atoms with Crippen LogP contribution in [0.4, 0.5) is 0 Å². The average molecular weight is 319 g/mol. The van der Waals surface area contributed by atoms with Gasteiger partial charge in [-0.1, -0.05) is 12.1 Å². The van der Waals surface area contributed by atoms with Crippen molar-refractivity contribution >= 4 is 21.7 Å². The van der Waals surface area contributed by atoms with Crippen molar-refractivity contribution in [1.82, 2.24) is 4.90 Å². The molecule has 3 rings (SSSR count). The molecule has 22 heavy (non-hydrogen) atoms. The van der Waals surface area contributed by atoms with Crippen LogP contribution in [-0.4, -0.2) is 37.4 Å². The van der Waals surface area contributed by atoms with E-state index in [4.69, 9.17) is 4.42 Å². The van der Waals surface area contributed by atoms with E-state index in [9.17, 15) is 18.0 Å². The lowest BCUT2D eigenvalue weighted by atomic mass is 10.1. The number of rotatable bonds is 5. The molecule has 0 unspecified atom stereocenters. The van der Waals surface area contributed by atoms with Crippen LogP contribution in [0.3, 0.4) is 0 Å². The molecule has 1 aromatic heterocycles. The summed E-state index contributed by atoms with van der Waals surface area (Å²) in [7, 11) is -3.43. The van der Waals surface area contributed by atoms with Gasteiger partial charge in [0.25, 0.3) is 11.8 Å². The van der Waals surface area contributed by atoms with Crippen LogP contribution in [0.5, 0.6) is 0 Å². The van der Waals surface area contributed by atoms with Gasteiger partial charge in [-0.25, -0.2) is 8.42 Å². The average Bonchev–Trinajstić information content (AvgIpc) is 3.06. The zero-order chi connectivity index (χ0) is 15.7. The molecule has 1 aliphatic rings. The van der Waals surface area contributed by atoms with Gasteiger partial charge < -0.3 is 4.42 Å². The quantitative estimate of drug-likeness (QED) is 0.780. The van der Waals surface area contributed by atoms with E-state index in [1.807, 2.05) is 0 Å². The lowest BCUT2D eigenvalue weighted by molar-refractivity contribution is 0.0664. The van der Waals surface area contributed by atoms with Gasteiger partial charge in [-0.15, -0.1) is 0 Å². The van der Waals surface area contributed by atoms with Crippen molar-refractivity contribution in [2.24, 2.45) is 0 Å². The molecule has 2 aromatic rings. The minimum atomic E-state index is -3.43. The predicted molar refractivity (Wildman–Crippen MR) is 78.0 cm³/mol. The number of fused-ring (bicyclic) bond motifs is 1. The maximum atomic E-state index is 12.1. The van der Waals surface area contributed by atoms with Gasteiger partial charge in [-0.3, -0.25) is 14.5 Å². The van der Waals surface area contributed by atoms with Crippen molar-refractivity contribution in [2.45, 2.75) is 5.75 Å². The summed E-state index contributed by atoms with van der Waals surface area (Å²) in [6.07, 6.45) is 2.76. The van der Waals surface area contributed by atoms with E-state index in [-0.39, 0.29) is 18.1 Å². The van der Waals surface area contributed by atoms with Gasteiger partial charge >= 0.3 is 0 Å². The Bertz CT molecular complexity index is 788. The molecular weight excluding hydrogens is 306 g/mol. The molecule has 0 spiro atoms. The molecule has 0 bridgehead atoms. The molecule has 2 heterocycles. The first kappa shape index (κ1) is 14.5. The molecule has 114 valence electrons. The summed E-state index contributed by atoms with van der Waals surface area (Å²) in [5, 5.41) is 0. The Labute approximate surface area is 127 Å². The van der Waals surface area contributed by atoms with Crippen LogP contribution in [-0.2, 0) is 15.6 Å². The number of amides is 2. The molecule has 0 radical (unpaired) electrons. The van der Waals surface area contributed by atoms with Gasteiger partial charge in [0.15, 0.2) is 9.84 Å². The molecule has 2 amide bonds. The molecule has 1 aliphatic heterocycles. The molecule has 6 nitrogen and oxygen atoms in total. The van der Waals surface area contributed by atoms with Gasteiger partial charge in [0.05, 0.1) is 35.2 Å². The number of carbonyl (C=O) groups is 2. The number of sulfone groups is 1. The smallest absolute Gasteiger partial charge is 0.261 e. The first-order valence-electron chi connectivity index (χ1n) is 6.65. The highest BCUT2D eigenvalue weighted by atomic mass is 32.2. The Morgan fingerprint density at radius 1 is 1.00 bits per heavy atom. The number of benzene rings is 1. The van der Waals surface area contributed by atoms with Crippen LogP contribution in [0.25, 0.3) is 0 Å². The van der Waals surface area contributed by atoms with E-state index in [0.29, 0.717) is 16.7 Å². The third-order valence-electron chi connectivity index (χ3n) is 3.47. The first-order valence-corrected chi connectivity index (χ1v) is 8.47. The van der Waals surface area contributed by atoms with Crippen molar-refractivity contribution in [3.05, 3.63) is 59.5 Å². The highest BCUT2D eigenvalue weighted by Crippen LogP contribution is 2.22. The van der Waals surface area contributed by atoms with Crippen LogP contribution >= 0.6 is 0 Å². The third-order valence-corrected chi connectivity index (χ3v) is 5.05. The minimum absolute atomic E-state index is 0.146. The Hall–Kier alpha value is -2.41. The van der Waals surface area contributed by atoms with Gasteiger partial charge in [0.1, 0.15) is 0 Å². The standard InChI is InChI=1S/C15H13NO5S/c17-14-12-3-1-2-4-13(12)15(18)16(14)6-8-22(19,20)10-11-5-7-21-9-11/h1-5,7,9H,6,8,10H2. The normalized spacial score (nSPS) is 14.5. The fourth-order valence-electron chi connectivity index (χ4n) is 2.37. The Morgan fingerprint density at radius 3 is 2.18 bits per heavy atom. The maximum Gasteiger partial charge on any atom is 0.261 e. The second-order valence-corrected chi connectivity index (χ2v) is 7.22. The zero-order valence-corrected chi connectivity index (χ0v) is 12.4. The van der Waals surface area contributed by atoms with E-state index >= 15 is 0 Å². The van der Waals surface area contributed by atoms with Gasteiger partial charge in [-0.2, -0.15) is 0 Å². The fraction of sp³-hybridized carbons (Fsp3) is 0.200. The van der Waals surface area contributed by atoms with Crippen LogP contribution in [0.1, 0.15) is 26.3 Å². The van der Waals surface area contributed by atoms with Crippen molar-refractivity contribution in [2.75, 3.05) is 12.3 Å². The van der Waals surface area contributed by atoms with E-state index in [1.54, 1.807) is 30.3 Å². The summed E-state index contributed by atoms with van der Waals surface area (Å²) in [6, 6.07) is 8.04. The first-order chi connectivity index (χ1) is 10.5. The SMILES string of the molecule is O=C1c2ccccc2C(=O)N1CCS(=O)(=O)Cc1ccoc1. The molecule has 0 atom stereocenters. The highest BCUT2D eigenvalue weighted by molar-refractivity contribution is 7.90. The maximum absolute atomic E-state index is 12.1. The summed E-state index contributed by atoms with van der Waals surface area (Å²) in [4.78, 5) is 25.3. The lowest BCUT2D eigenvalue weighted by Crippen LogP contribution is -2.34. The number of carbonyl (C=O) groups excluding carboxylic acids is 2. The number of imide groups is 1. The molecule has 1 aromatic carbocycles. The fourth-order valence-corrected chi connectivity index (χ4v) is 3.65. The predicted octanol–water partition coefficient (Wildman–Crippen LogP) is 1.49. The van der Waals surface area contributed by atoms with E-state index in [0.717, 1.165) is 4.90 Å². The lowest BCUT2D eigenvalue weighted by Gasteiger charge is -2.13. The number of nitrogens with zero attached hydrogens (tertiary/aromatic N) is 1. The van der Waals surface area contributed by atoms with Crippen molar-refractivity contribution in [1.29, 1.82) is 0 Å². The second-order valence-electron chi connectivity index (χ2n) is 5.03. The number of furan rings is 1. The highest BCUT2D eigenvalue weighted by Gasteiger charge is 2.35. The van der Waals surface area contributed by atoms with Gasteiger partial charge in [-0.05, 0) is 18.2 Å². The zero-order valence-electron chi connectivity index (χ0n) is 11.6. The van der Waals surface area contributed by atoms with Crippen LogP contribution in [0.15, 0.2) is 47.3 Å². The van der Waals surface area contributed by atoms with E-state index < -0.39 is 21.7 Å². The summed E-state index contributed by atoms with van der Waals surface area (Å²) in [5.74, 6) is -1.34. The summed E-state index contributed by atoms with van der Waals surface area (Å²) in [5.41, 5.74) is 1.18. The van der Waals surface area contributed by atoms with Crippen molar-refractivity contribution in [3.63, 3.8) is 0 Å². The van der Waals surface area contributed by atoms with Crippen molar-refractivity contribution < 1.29 is 22.4 Å². The summed E-state index contributed by atoms with van der Waals surface area (Å²) < 4.78 is 28.9. The Morgan fingerprint density at radius 2 is 1.64 bits per heavy atom. The van der Waals surface area contributed by atoms with Gasteiger partial charge in [0.2, 0.25) is 0 Å². The molecule has 0 saturated carbocycles. The topological polar surface area (TPSA) is 84.7 Å². The van der Waals surface area contributed by atoms with E-state index in [1.165, 1.54) is 12.5 Å². The largest absolute Gasteiger partial charge is 0.472 e. The molecule has 0 aliphatic carbocycles. The van der Waals surface area contributed by atoms with Gasteiger partial charge in [0, 0.05) is 12.1 Å². The number of hydrogen-bond donors (Lipinski definition) is 0. The van der Waals surface area contributed by atoms with Crippen LogP contribution in [0, 0.1) is 0 Å². The number of hydrogen-bond acceptors (Lipinski definition) is 5. The summed E-state index contributed by atoms with van der Waals surface area (Å²) >= 11 is 0. The monoisotopic (exact) mass is 319 g/mol. The van der Waals surface area contributed by atoms with Crippen LogP contribution < -0.4 is 0 Å². The van der Waals surface area contributed by atoms with Crippen molar-refractivity contribution in [3.8, 4) is 0 Å². The third kappa shape index (κ3) is 2.67. The minimum Gasteiger partial charge on any atom is -0.472 e. The molecule has 0 N–H and O–H groups in total. The van der Waals surface area contributed by atoms with E-state index in [2.05, 4.69) is 0 Å². The molecule has 0 saturated heterocycles. The molecular formula is C15H13NO5S. The summed E-state index contributed by atoms with van der Waals surface area (Å²) in [6.45, 7) is -0.146. The Balaban J connectivity index is 1.70. The second kappa shape index (κ2) is 5.42. The molecule has 7 heteroatoms. The Kier molecular flexibility index (Phi) is 3.58. The van der Waals surface area contributed by atoms with Crippen LogP contribution in [0.2, 0.25) is 0 Å².